The van der Waals surface area contributed by atoms with Crippen LogP contribution in [0.2, 0.25) is 0 Å². The van der Waals surface area contributed by atoms with E-state index in [4.69, 9.17) is 23.7 Å². The van der Waals surface area contributed by atoms with E-state index in [1.165, 1.54) is 12.8 Å². The molecule has 6 aromatic carbocycles. The standard InChI is InChI=1S/C56H62O5/c1-3-5-7-9-11-16-34-49-36-51(57-41-45-26-17-12-18-27-45)40-52(37-49)61-56-54(59-43-47-30-21-14-22-31-47)38-50(39-55(56)60-44-48-32-23-15-24-33-48)53(35-25-10-8-6-4-2)58-42-46-28-19-13-20-29-46/h3-4,12-15,17-24,26-33,36-40,53H,1-2,5-11,16,25,34-35,41-44H2/t53-/m1/s1. The summed E-state index contributed by atoms with van der Waals surface area (Å²) in [6.45, 7) is 9.46. The first-order valence-corrected chi connectivity index (χ1v) is 22.0. The van der Waals surface area contributed by atoms with Crippen LogP contribution in [-0.4, -0.2) is 0 Å². The second-order valence-electron chi connectivity index (χ2n) is 15.5. The van der Waals surface area contributed by atoms with Gasteiger partial charge < -0.3 is 23.7 Å². The maximum atomic E-state index is 7.01. The molecule has 316 valence electrons. The second-order valence-corrected chi connectivity index (χ2v) is 15.5. The van der Waals surface area contributed by atoms with E-state index in [0.717, 1.165) is 96.9 Å². The van der Waals surface area contributed by atoms with E-state index in [0.29, 0.717) is 49.4 Å². The van der Waals surface area contributed by atoms with Crippen molar-refractivity contribution in [1.82, 2.24) is 0 Å². The highest BCUT2D eigenvalue weighted by molar-refractivity contribution is 5.57. The summed E-state index contributed by atoms with van der Waals surface area (Å²) in [5.41, 5.74) is 6.47. The molecule has 0 aliphatic rings. The van der Waals surface area contributed by atoms with Gasteiger partial charge in [0.05, 0.1) is 12.7 Å². The van der Waals surface area contributed by atoms with Crippen LogP contribution in [0, 0.1) is 0 Å². The zero-order chi connectivity index (χ0) is 42.2. The Balaban J connectivity index is 1.38. The van der Waals surface area contributed by atoms with Gasteiger partial charge in [0, 0.05) is 6.07 Å². The van der Waals surface area contributed by atoms with Gasteiger partial charge >= 0.3 is 0 Å². The molecule has 5 heteroatoms. The normalized spacial score (nSPS) is 11.4. The van der Waals surface area contributed by atoms with E-state index in [9.17, 15) is 0 Å². The first kappa shape index (κ1) is 44.5. The monoisotopic (exact) mass is 814 g/mol. The highest BCUT2D eigenvalue weighted by Crippen LogP contribution is 2.45. The van der Waals surface area contributed by atoms with E-state index in [-0.39, 0.29) is 6.10 Å². The Morgan fingerprint density at radius 2 is 0.885 bits per heavy atom. The van der Waals surface area contributed by atoms with Crippen molar-refractivity contribution in [3.8, 4) is 28.7 Å². The van der Waals surface area contributed by atoms with Gasteiger partial charge in [-0.2, -0.15) is 0 Å². The maximum absolute atomic E-state index is 7.01. The molecule has 6 rings (SSSR count). The number of allylic oxidation sites excluding steroid dienone is 2. The molecule has 0 N–H and O–H groups in total. The van der Waals surface area contributed by atoms with Crippen molar-refractivity contribution in [2.75, 3.05) is 0 Å². The lowest BCUT2D eigenvalue weighted by molar-refractivity contribution is 0.0317. The molecule has 0 amide bonds. The minimum absolute atomic E-state index is 0.205. The zero-order valence-corrected chi connectivity index (χ0v) is 35.7. The van der Waals surface area contributed by atoms with Gasteiger partial charge in [-0.25, -0.2) is 0 Å². The third-order valence-electron chi connectivity index (χ3n) is 10.6. The van der Waals surface area contributed by atoms with Crippen LogP contribution in [0.5, 0.6) is 28.7 Å². The van der Waals surface area contributed by atoms with Crippen LogP contribution < -0.4 is 18.9 Å². The third-order valence-corrected chi connectivity index (χ3v) is 10.6. The summed E-state index contributed by atoms with van der Waals surface area (Å²) in [5, 5.41) is 0. The summed E-state index contributed by atoms with van der Waals surface area (Å²) in [5.74, 6) is 3.10. The Labute approximate surface area is 364 Å². The highest BCUT2D eigenvalue weighted by Gasteiger charge is 2.23. The number of rotatable bonds is 28. The molecule has 0 aliphatic heterocycles. The van der Waals surface area contributed by atoms with Crippen LogP contribution in [0.1, 0.15) is 104 Å². The average molecular weight is 815 g/mol. The number of hydrogen-bond donors (Lipinski definition) is 0. The van der Waals surface area contributed by atoms with Crippen LogP contribution >= 0.6 is 0 Å². The van der Waals surface area contributed by atoms with Crippen molar-refractivity contribution in [2.45, 2.75) is 103 Å². The first-order chi connectivity index (χ1) is 30.2. The van der Waals surface area contributed by atoms with Gasteiger partial charge in [-0.05, 0) is 103 Å². The largest absolute Gasteiger partial charge is 0.489 e. The molecule has 1 atom stereocenters. The summed E-state index contributed by atoms with van der Waals surface area (Å²) in [6.07, 6.45) is 15.4. The molecule has 6 aromatic rings. The fourth-order valence-corrected chi connectivity index (χ4v) is 7.23. The van der Waals surface area contributed by atoms with Crippen molar-refractivity contribution in [3.63, 3.8) is 0 Å². The van der Waals surface area contributed by atoms with Crippen LogP contribution in [0.4, 0.5) is 0 Å². The van der Waals surface area contributed by atoms with Crippen LogP contribution in [0.15, 0.2) is 177 Å². The van der Waals surface area contributed by atoms with Gasteiger partial charge in [-0.3, -0.25) is 0 Å². The molecule has 0 heterocycles. The summed E-state index contributed by atoms with van der Waals surface area (Å²) in [7, 11) is 0. The molecule has 5 nitrogen and oxygen atoms in total. The fraction of sp³-hybridized carbons (Fsp3) is 0.286. The maximum Gasteiger partial charge on any atom is 0.211 e. The molecular formula is C56H62O5. The first-order valence-electron chi connectivity index (χ1n) is 22.0. The minimum Gasteiger partial charge on any atom is -0.489 e. The lowest BCUT2D eigenvalue weighted by Crippen LogP contribution is -2.08. The van der Waals surface area contributed by atoms with Gasteiger partial charge in [-0.1, -0.05) is 159 Å². The van der Waals surface area contributed by atoms with Gasteiger partial charge in [0.1, 0.15) is 31.3 Å². The molecule has 0 radical (unpaired) electrons. The third kappa shape index (κ3) is 15.5. The highest BCUT2D eigenvalue weighted by atomic mass is 16.5. The topological polar surface area (TPSA) is 46.2 Å². The lowest BCUT2D eigenvalue weighted by atomic mass is 10.0. The van der Waals surface area contributed by atoms with E-state index in [1.807, 2.05) is 78.9 Å². The molecule has 0 fully saturated rings. The number of hydrogen-bond acceptors (Lipinski definition) is 5. The van der Waals surface area contributed by atoms with Crippen LogP contribution in [0.25, 0.3) is 0 Å². The molecule has 0 unspecified atom stereocenters. The number of ether oxygens (including phenoxy) is 5. The fourth-order valence-electron chi connectivity index (χ4n) is 7.23. The van der Waals surface area contributed by atoms with Gasteiger partial charge in [0.25, 0.3) is 0 Å². The van der Waals surface area contributed by atoms with Gasteiger partial charge in [0.15, 0.2) is 11.5 Å². The predicted octanol–water partition coefficient (Wildman–Crippen LogP) is 15.3. The Morgan fingerprint density at radius 1 is 0.426 bits per heavy atom. The summed E-state index contributed by atoms with van der Waals surface area (Å²) in [6, 6.07) is 51.5. The molecule has 0 aromatic heterocycles. The quantitative estimate of drug-likeness (QED) is 0.0365. The SMILES string of the molecule is C=CCCCCCCc1cc(OCc2ccccc2)cc(Oc2c(OCc3ccccc3)cc([C@@H](CCCCCC=C)OCc3ccccc3)cc2OCc2ccccc2)c1. The molecule has 0 bridgehead atoms. The molecule has 0 aliphatic carbocycles. The van der Waals surface area contributed by atoms with E-state index >= 15 is 0 Å². The Kier molecular flexibility index (Phi) is 18.6. The van der Waals surface area contributed by atoms with Crippen molar-refractivity contribution in [2.24, 2.45) is 0 Å². The van der Waals surface area contributed by atoms with Crippen molar-refractivity contribution in [1.29, 1.82) is 0 Å². The van der Waals surface area contributed by atoms with E-state index in [2.05, 4.69) is 98.1 Å². The van der Waals surface area contributed by atoms with Gasteiger partial charge in [0.2, 0.25) is 5.75 Å². The Bertz CT molecular complexity index is 2090. The van der Waals surface area contributed by atoms with Crippen LogP contribution in [-0.2, 0) is 37.6 Å². The van der Waals surface area contributed by atoms with E-state index < -0.39 is 0 Å². The number of benzene rings is 6. The summed E-state index contributed by atoms with van der Waals surface area (Å²) < 4.78 is 33.8. The van der Waals surface area contributed by atoms with Crippen molar-refractivity contribution >= 4 is 0 Å². The van der Waals surface area contributed by atoms with Gasteiger partial charge in [-0.15, -0.1) is 13.2 Å². The Morgan fingerprint density at radius 3 is 1.41 bits per heavy atom. The number of aryl methyl sites for hydroxylation is 1. The summed E-state index contributed by atoms with van der Waals surface area (Å²) in [4.78, 5) is 0. The zero-order valence-electron chi connectivity index (χ0n) is 35.7. The smallest absolute Gasteiger partial charge is 0.211 e. The molecule has 0 saturated heterocycles. The lowest BCUT2D eigenvalue weighted by Gasteiger charge is -2.23. The van der Waals surface area contributed by atoms with Crippen LogP contribution in [0.3, 0.4) is 0 Å². The Hall–Kier alpha value is -6.04. The average Bonchev–Trinajstić information content (AvgIpc) is 3.31. The van der Waals surface area contributed by atoms with Crippen molar-refractivity contribution < 1.29 is 23.7 Å². The minimum atomic E-state index is -0.205. The molecular weight excluding hydrogens is 753 g/mol. The number of unbranched alkanes of at least 4 members (excludes halogenated alkanes) is 7. The van der Waals surface area contributed by atoms with Crippen molar-refractivity contribution in [3.05, 3.63) is 210 Å². The molecule has 0 spiro atoms. The second kappa shape index (κ2) is 25.6. The predicted molar refractivity (Wildman–Crippen MR) is 250 cm³/mol. The van der Waals surface area contributed by atoms with E-state index in [1.54, 1.807) is 0 Å². The summed E-state index contributed by atoms with van der Waals surface area (Å²) >= 11 is 0. The molecule has 0 saturated carbocycles. The molecule has 61 heavy (non-hydrogen) atoms.